The fourth-order valence-corrected chi connectivity index (χ4v) is 3.71. The number of H-pyrrole nitrogens is 1. The number of Topliss-reactive ketones (excluding diaryl/α,β-unsaturated/α-hetero) is 1. The third kappa shape index (κ3) is 4.28. The van der Waals surface area contributed by atoms with Crippen molar-refractivity contribution < 1.29 is 4.79 Å². The molecule has 3 rings (SSSR count). The quantitative estimate of drug-likeness (QED) is 0.430. The molecule has 1 aromatic carbocycles. The van der Waals surface area contributed by atoms with E-state index >= 15 is 0 Å². The Hall–Kier alpha value is -2.85. The van der Waals surface area contributed by atoms with Crippen LogP contribution in [-0.2, 0) is 6.54 Å². The molecule has 0 atom stereocenters. The fraction of sp³-hybridized carbons (Fsp3) is 0.278. The largest absolute Gasteiger partial charge is 0.384 e. The maximum Gasteiger partial charge on any atom is 0.329 e. The van der Waals surface area contributed by atoms with Gasteiger partial charge in [-0.25, -0.2) is 4.79 Å². The summed E-state index contributed by atoms with van der Waals surface area (Å²) < 4.78 is 2.88. The second-order valence-electron chi connectivity index (χ2n) is 6.30. The summed E-state index contributed by atoms with van der Waals surface area (Å²) in [7, 11) is 0. The highest BCUT2D eigenvalue weighted by molar-refractivity contribution is 7.99. The molecule has 0 saturated heterocycles. The normalized spacial score (nSPS) is 11.0. The van der Waals surface area contributed by atoms with Crippen LogP contribution in [0.4, 0.5) is 5.82 Å². The molecule has 29 heavy (non-hydrogen) atoms. The third-order valence-electron chi connectivity index (χ3n) is 4.25. The first kappa shape index (κ1) is 20.9. The standard InChI is InChI=1S/C18H19ClN6O3S/c1-3-6-24-15(20)14(16(27)22-17(24)28)13(26)8-29-18-23-21-9-25(18)11-5-4-10(2)12(19)7-11/h4-5,7,9H,3,6,8,20H2,1-2H3,(H,22,27,28). The lowest BCUT2D eigenvalue weighted by Crippen LogP contribution is -2.36. The summed E-state index contributed by atoms with van der Waals surface area (Å²) in [5, 5.41) is 8.96. The maximum atomic E-state index is 12.7. The molecule has 0 radical (unpaired) electrons. The minimum Gasteiger partial charge on any atom is -0.384 e. The number of benzene rings is 1. The van der Waals surface area contributed by atoms with E-state index in [2.05, 4.69) is 15.2 Å². The number of nitrogens with one attached hydrogen (secondary N) is 1. The smallest absolute Gasteiger partial charge is 0.329 e. The number of carbonyl (C=O) groups is 1. The lowest BCUT2D eigenvalue weighted by Gasteiger charge is -2.11. The highest BCUT2D eigenvalue weighted by Gasteiger charge is 2.20. The van der Waals surface area contributed by atoms with Gasteiger partial charge in [-0.2, -0.15) is 0 Å². The minimum atomic E-state index is -0.794. The number of nitrogens with two attached hydrogens (primary N) is 1. The number of aromatic nitrogens is 5. The van der Waals surface area contributed by atoms with Crippen LogP contribution in [0.15, 0.2) is 39.3 Å². The maximum absolute atomic E-state index is 12.7. The van der Waals surface area contributed by atoms with Gasteiger partial charge in [-0.05, 0) is 31.0 Å². The van der Waals surface area contributed by atoms with Crippen LogP contribution in [-0.4, -0.2) is 35.9 Å². The van der Waals surface area contributed by atoms with Crippen molar-refractivity contribution in [2.24, 2.45) is 0 Å². The molecule has 0 amide bonds. The van der Waals surface area contributed by atoms with Crippen molar-refractivity contribution in [3.05, 3.63) is 61.5 Å². The van der Waals surface area contributed by atoms with Crippen molar-refractivity contribution in [3.63, 3.8) is 0 Å². The molecule has 3 aromatic rings. The number of aromatic amines is 1. The molecule has 152 valence electrons. The van der Waals surface area contributed by atoms with Gasteiger partial charge in [0.15, 0.2) is 10.9 Å². The predicted octanol–water partition coefficient (Wildman–Crippen LogP) is 2.05. The SMILES string of the molecule is CCCn1c(N)c(C(=O)CSc2nncn2-c2ccc(C)c(Cl)c2)c(=O)[nH]c1=O. The summed E-state index contributed by atoms with van der Waals surface area (Å²) in [6, 6.07) is 5.50. The first-order chi connectivity index (χ1) is 13.8. The van der Waals surface area contributed by atoms with E-state index in [1.807, 2.05) is 26.0 Å². The van der Waals surface area contributed by atoms with Crippen LogP contribution in [0.25, 0.3) is 5.69 Å². The Morgan fingerprint density at radius 3 is 2.79 bits per heavy atom. The number of nitrogen functional groups attached to an aromatic ring is 1. The van der Waals surface area contributed by atoms with Gasteiger partial charge in [0.2, 0.25) is 0 Å². The van der Waals surface area contributed by atoms with Crippen molar-refractivity contribution >= 4 is 35.0 Å². The summed E-state index contributed by atoms with van der Waals surface area (Å²) in [6.45, 7) is 4.06. The van der Waals surface area contributed by atoms with Crippen LogP contribution < -0.4 is 17.0 Å². The molecule has 9 nitrogen and oxygen atoms in total. The van der Waals surface area contributed by atoms with Crippen LogP contribution in [0.3, 0.4) is 0 Å². The Balaban J connectivity index is 1.85. The number of anilines is 1. The van der Waals surface area contributed by atoms with Crippen LogP contribution in [0.5, 0.6) is 0 Å². The summed E-state index contributed by atoms with van der Waals surface area (Å²) in [5.74, 6) is -0.733. The average Bonchev–Trinajstić information content (AvgIpc) is 3.14. The van der Waals surface area contributed by atoms with E-state index in [9.17, 15) is 14.4 Å². The van der Waals surface area contributed by atoms with Crippen LogP contribution in [0.1, 0.15) is 29.3 Å². The molecule has 0 spiro atoms. The highest BCUT2D eigenvalue weighted by Crippen LogP contribution is 2.24. The zero-order chi connectivity index (χ0) is 21.1. The van der Waals surface area contributed by atoms with Crippen molar-refractivity contribution in [1.29, 1.82) is 0 Å². The molecule has 0 bridgehead atoms. The summed E-state index contributed by atoms with van der Waals surface area (Å²) in [6.07, 6.45) is 2.14. The predicted molar refractivity (Wildman–Crippen MR) is 112 cm³/mol. The topological polar surface area (TPSA) is 129 Å². The monoisotopic (exact) mass is 434 g/mol. The lowest BCUT2D eigenvalue weighted by atomic mass is 10.2. The molecule has 0 aliphatic carbocycles. The van der Waals surface area contributed by atoms with Crippen molar-refractivity contribution in [2.75, 3.05) is 11.5 Å². The Kier molecular flexibility index (Phi) is 6.23. The fourth-order valence-electron chi connectivity index (χ4n) is 2.74. The highest BCUT2D eigenvalue weighted by atomic mass is 35.5. The van der Waals surface area contributed by atoms with Gasteiger partial charge in [-0.3, -0.25) is 23.7 Å². The number of hydrogen-bond donors (Lipinski definition) is 2. The summed E-state index contributed by atoms with van der Waals surface area (Å²) in [4.78, 5) is 38.9. The Morgan fingerprint density at radius 1 is 1.34 bits per heavy atom. The van der Waals surface area contributed by atoms with Gasteiger partial charge >= 0.3 is 5.69 Å². The molecule has 0 saturated carbocycles. The van der Waals surface area contributed by atoms with E-state index in [0.29, 0.717) is 23.1 Å². The van der Waals surface area contributed by atoms with Gasteiger partial charge in [0, 0.05) is 11.6 Å². The number of nitrogens with zero attached hydrogens (tertiary/aromatic N) is 4. The second-order valence-corrected chi connectivity index (χ2v) is 7.65. The number of carbonyl (C=O) groups excluding carboxylic acids is 1. The molecule has 11 heteroatoms. The summed E-state index contributed by atoms with van der Waals surface area (Å²) >= 11 is 7.29. The first-order valence-corrected chi connectivity index (χ1v) is 10.1. The molecule has 0 aliphatic rings. The minimum absolute atomic E-state index is 0.101. The zero-order valence-corrected chi connectivity index (χ0v) is 17.4. The van der Waals surface area contributed by atoms with Gasteiger partial charge in [-0.1, -0.05) is 36.4 Å². The van der Waals surface area contributed by atoms with E-state index in [1.54, 1.807) is 10.6 Å². The van der Waals surface area contributed by atoms with Gasteiger partial charge in [0.25, 0.3) is 5.56 Å². The van der Waals surface area contributed by atoms with E-state index in [1.165, 1.54) is 10.9 Å². The van der Waals surface area contributed by atoms with Crippen LogP contribution >= 0.6 is 23.4 Å². The Morgan fingerprint density at radius 2 is 2.10 bits per heavy atom. The third-order valence-corrected chi connectivity index (χ3v) is 5.60. The second kappa shape index (κ2) is 8.66. The average molecular weight is 435 g/mol. The first-order valence-electron chi connectivity index (χ1n) is 8.78. The van der Waals surface area contributed by atoms with E-state index in [0.717, 1.165) is 23.0 Å². The summed E-state index contributed by atoms with van der Waals surface area (Å²) in [5.41, 5.74) is 5.97. The molecule has 0 fully saturated rings. The van der Waals surface area contributed by atoms with E-state index in [4.69, 9.17) is 17.3 Å². The number of thioether (sulfide) groups is 1. The van der Waals surface area contributed by atoms with Crippen LogP contribution in [0.2, 0.25) is 5.02 Å². The van der Waals surface area contributed by atoms with Gasteiger partial charge in [0.05, 0.1) is 11.4 Å². The number of rotatable bonds is 7. The number of ketones is 1. The molecule has 0 unspecified atom stereocenters. The van der Waals surface area contributed by atoms with E-state index in [-0.39, 0.29) is 17.1 Å². The number of halogens is 1. The van der Waals surface area contributed by atoms with Crippen molar-refractivity contribution in [2.45, 2.75) is 32.0 Å². The molecule has 0 aliphatic heterocycles. The zero-order valence-electron chi connectivity index (χ0n) is 15.8. The molecular formula is C18H19ClN6O3S. The van der Waals surface area contributed by atoms with Gasteiger partial charge in [0.1, 0.15) is 17.7 Å². The molecule has 2 aromatic heterocycles. The molecular weight excluding hydrogens is 416 g/mol. The number of aryl methyl sites for hydroxylation is 1. The number of hydrogen-bond acceptors (Lipinski definition) is 7. The molecule has 3 N–H and O–H groups in total. The molecule has 2 heterocycles. The van der Waals surface area contributed by atoms with Crippen LogP contribution in [0, 0.1) is 6.92 Å². The van der Waals surface area contributed by atoms with Gasteiger partial charge in [-0.15, -0.1) is 10.2 Å². The Bertz CT molecular complexity index is 1180. The van der Waals surface area contributed by atoms with Crippen molar-refractivity contribution in [1.82, 2.24) is 24.3 Å². The van der Waals surface area contributed by atoms with Crippen molar-refractivity contribution in [3.8, 4) is 5.69 Å². The Labute approximate surface area is 174 Å². The lowest BCUT2D eigenvalue weighted by molar-refractivity contribution is 0.102. The van der Waals surface area contributed by atoms with E-state index < -0.39 is 17.0 Å². The van der Waals surface area contributed by atoms with Gasteiger partial charge < -0.3 is 5.73 Å².